The molecule has 0 saturated carbocycles. The Kier molecular flexibility index (Phi) is 3.91. The van der Waals surface area contributed by atoms with E-state index in [1.165, 1.54) is 0 Å². The molecule has 0 aliphatic carbocycles. The van der Waals surface area contributed by atoms with Gasteiger partial charge in [-0.05, 0) is 51.0 Å². The first-order valence-electron chi connectivity index (χ1n) is 8.57. The van der Waals surface area contributed by atoms with Crippen molar-refractivity contribution in [2.45, 2.75) is 52.2 Å². The van der Waals surface area contributed by atoms with E-state index in [2.05, 4.69) is 32.6 Å². The van der Waals surface area contributed by atoms with Gasteiger partial charge < -0.3 is 14.9 Å². The van der Waals surface area contributed by atoms with E-state index in [4.69, 9.17) is 0 Å². The van der Waals surface area contributed by atoms with E-state index >= 15 is 0 Å². The van der Waals surface area contributed by atoms with Crippen LogP contribution in [0.1, 0.15) is 50.9 Å². The number of carbonyl (C=O) groups excluding carboxylic acids is 1. The lowest BCUT2D eigenvalue weighted by atomic mass is 9.65. The van der Waals surface area contributed by atoms with Crippen LogP contribution in [0.4, 0.5) is 5.69 Å². The second kappa shape index (κ2) is 5.52. The van der Waals surface area contributed by atoms with Gasteiger partial charge in [0, 0.05) is 41.8 Å². The molecular weight excluding hydrogens is 288 g/mol. The summed E-state index contributed by atoms with van der Waals surface area (Å²) in [5, 5.41) is 9.60. The second-order valence-corrected chi connectivity index (χ2v) is 8.10. The Balaban J connectivity index is 1.69. The lowest BCUT2D eigenvalue weighted by Gasteiger charge is -2.61. The lowest BCUT2D eigenvalue weighted by Crippen LogP contribution is -2.70. The van der Waals surface area contributed by atoms with Gasteiger partial charge in [-0.25, -0.2) is 0 Å². The van der Waals surface area contributed by atoms with Gasteiger partial charge in [-0.15, -0.1) is 0 Å². The maximum atomic E-state index is 12.7. The van der Waals surface area contributed by atoms with Crippen LogP contribution in [-0.2, 0) is 0 Å². The molecule has 126 valence electrons. The number of nitrogens with zero attached hydrogens (tertiary/aromatic N) is 2. The average Bonchev–Trinajstić information content (AvgIpc) is 2.53. The molecule has 1 N–H and O–H groups in total. The van der Waals surface area contributed by atoms with Crippen molar-refractivity contribution in [1.29, 1.82) is 0 Å². The molecule has 0 unspecified atom stereocenters. The number of aliphatic hydroxyl groups is 1. The summed E-state index contributed by atoms with van der Waals surface area (Å²) in [6.45, 7) is 11.3. The zero-order valence-corrected chi connectivity index (χ0v) is 14.7. The quantitative estimate of drug-likeness (QED) is 0.912. The van der Waals surface area contributed by atoms with Crippen LogP contribution in [0.25, 0.3) is 0 Å². The minimum Gasteiger partial charge on any atom is -0.393 e. The number of amides is 1. The predicted molar refractivity (Wildman–Crippen MR) is 92.8 cm³/mol. The molecule has 2 fully saturated rings. The van der Waals surface area contributed by atoms with Crippen LogP contribution in [0.15, 0.2) is 24.3 Å². The highest BCUT2D eigenvalue weighted by Gasteiger charge is 2.54. The highest BCUT2D eigenvalue weighted by molar-refractivity contribution is 5.95. The molecule has 1 aromatic carbocycles. The van der Waals surface area contributed by atoms with Crippen LogP contribution in [-0.4, -0.2) is 47.2 Å². The molecule has 2 aliphatic rings. The fourth-order valence-electron chi connectivity index (χ4n) is 3.48. The molecule has 2 saturated heterocycles. The largest absolute Gasteiger partial charge is 0.393 e. The normalized spacial score (nSPS) is 23.5. The predicted octanol–water partition coefficient (Wildman–Crippen LogP) is 2.91. The molecule has 0 atom stereocenters. The molecular formula is C19H28N2O2. The third-order valence-corrected chi connectivity index (χ3v) is 6.07. The van der Waals surface area contributed by atoms with E-state index in [9.17, 15) is 9.90 Å². The van der Waals surface area contributed by atoms with Gasteiger partial charge >= 0.3 is 0 Å². The number of rotatable bonds is 2. The second-order valence-electron chi connectivity index (χ2n) is 8.10. The highest BCUT2D eigenvalue weighted by Crippen LogP contribution is 2.46. The molecule has 3 rings (SSSR count). The summed E-state index contributed by atoms with van der Waals surface area (Å²) in [5.41, 5.74) is 1.95. The summed E-state index contributed by atoms with van der Waals surface area (Å²) >= 11 is 0. The number of piperidine rings is 1. The van der Waals surface area contributed by atoms with Crippen LogP contribution in [0.2, 0.25) is 0 Å². The van der Waals surface area contributed by atoms with Gasteiger partial charge in [0.05, 0.1) is 6.10 Å². The van der Waals surface area contributed by atoms with Crippen molar-refractivity contribution in [1.82, 2.24) is 4.90 Å². The Bertz CT molecular complexity index is 584. The summed E-state index contributed by atoms with van der Waals surface area (Å²) < 4.78 is 0. The third-order valence-electron chi connectivity index (χ3n) is 6.07. The SMILES string of the molecule is CC1(C)CN(C(=O)c2ccc(N3CCC(O)CC3)cc2)C1(C)C. The summed E-state index contributed by atoms with van der Waals surface area (Å²) in [5.74, 6) is 0.120. The van der Waals surface area contributed by atoms with Crippen LogP contribution >= 0.6 is 0 Å². The van der Waals surface area contributed by atoms with Gasteiger partial charge in [0.2, 0.25) is 0 Å². The Morgan fingerprint density at radius 3 is 2.13 bits per heavy atom. The molecule has 23 heavy (non-hydrogen) atoms. The molecule has 4 nitrogen and oxygen atoms in total. The zero-order chi connectivity index (χ0) is 16.8. The van der Waals surface area contributed by atoms with E-state index in [0.29, 0.717) is 0 Å². The number of likely N-dealkylation sites (tertiary alicyclic amines) is 1. The molecule has 0 radical (unpaired) electrons. The van der Waals surface area contributed by atoms with Gasteiger partial charge in [0.25, 0.3) is 5.91 Å². The Morgan fingerprint density at radius 1 is 1.09 bits per heavy atom. The Hall–Kier alpha value is -1.55. The van der Waals surface area contributed by atoms with Crippen LogP contribution in [0.5, 0.6) is 0 Å². The van der Waals surface area contributed by atoms with E-state index in [-0.39, 0.29) is 23.0 Å². The molecule has 2 aliphatic heterocycles. The highest BCUT2D eigenvalue weighted by atomic mass is 16.3. The van der Waals surface area contributed by atoms with Crippen LogP contribution in [0.3, 0.4) is 0 Å². The van der Waals surface area contributed by atoms with Gasteiger partial charge in [0.15, 0.2) is 0 Å². The molecule has 0 aromatic heterocycles. The van der Waals surface area contributed by atoms with E-state index < -0.39 is 0 Å². The van der Waals surface area contributed by atoms with Crippen molar-refractivity contribution in [3.8, 4) is 0 Å². The van der Waals surface area contributed by atoms with E-state index in [1.807, 2.05) is 29.2 Å². The van der Waals surface area contributed by atoms with Crippen LogP contribution < -0.4 is 4.90 Å². The number of anilines is 1. The van der Waals surface area contributed by atoms with Crippen molar-refractivity contribution in [2.24, 2.45) is 5.41 Å². The van der Waals surface area contributed by atoms with Gasteiger partial charge in [-0.3, -0.25) is 4.79 Å². The summed E-state index contributed by atoms with van der Waals surface area (Å²) in [7, 11) is 0. The fraction of sp³-hybridized carbons (Fsp3) is 0.632. The van der Waals surface area contributed by atoms with Crippen molar-refractivity contribution in [3.05, 3.63) is 29.8 Å². The first kappa shape index (κ1) is 16.3. The molecule has 0 spiro atoms. The molecule has 0 bridgehead atoms. The Morgan fingerprint density at radius 2 is 1.65 bits per heavy atom. The van der Waals surface area contributed by atoms with E-state index in [1.54, 1.807) is 0 Å². The topological polar surface area (TPSA) is 43.8 Å². The van der Waals surface area contributed by atoms with Crippen molar-refractivity contribution in [2.75, 3.05) is 24.5 Å². The molecule has 1 aromatic rings. The first-order valence-corrected chi connectivity index (χ1v) is 8.57. The molecule has 2 heterocycles. The van der Waals surface area contributed by atoms with Crippen molar-refractivity contribution in [3.63, 3.8) is 0 Å². The van der Waals surface area contributed by atoms with Gasteiger partial charge in [-0.1, -0.05) is 13.8 Å². The maximum absolute atomic E-state index is 12.7. The summed E-state index contributed by atoms with van der Waals surface area (Å²) in [6, 6.07) is 7.93. The van der Waals surface area contributed by atoms with Gasteiger partial charge in [-0.2, -0.15) is 0 Å². The fourth-order valence-corrected chi connectivity index (χ4v) is 3.48. The standard InChI is InChI=1S/C19H28N2O2/c1-18(2)13-21(19(18,3)4)17(23)14-5-7-15(8-6-14)20-11-9-16(22)10-12-20/h5-8,16,22H,9-13H2,1-4H3. The van der Waals surface area contributed by atoms with Gasteiger partial charge in [0.1, 0.15) is 0 Å². The summed E-state index contributed by atoms with van der Waals surface area (Å²) in [4.78, 5) is 17.0. The van der Waals surface area contributed by atoms with Crippen molar-refractivity contribution >= 4 is 11.6 Å². The minimum absolute atomic E-state index is 0.105. The van der Waals surface area contributed by atoms with Crippen molar-refractivity contribution < 1.29 is 9.90 Å². The smallest absolute Gasteiger partial charge is 0.254 e. The molecule has 1 amide bonds. The minimum atomic E-state index is -0.163. The number of aliphatic hydroxyl groups excluding tert-OH is 1. The summed E-state index contributed by atoms with van der Waals surface area (Å²) in [6.07, 6.45) is 1.47. The van der Waals surface area contributed by atoms with E-state index in [0.717, 1.165) is 43.7 Å². The first-order chi connectivity index (χ1) is 10.7. The zero-order valence-electron chi connectivity index (χ0n) is 14.7. The number of carbonyl (C=O) groups is 1. The monoisotopic (exact) mass is 316 g/mol. The van der Waals surface area contributed by atoms with Crippen LogP contribution in [0, 0.1) is 5.41 Å². The maximum Gasteiger partial charge on any atom is 0.254 e. The third kappa shape index (κ3) is 2.74. The number of benzene rings is 1. The number of hydrogen-bond donors (Lipinski definition) is 1. The lowest BCUT2D eigenvalue weighted by molar-refractivity contribution is -0.0881. The average molecular weight is 316 g/mol. The number of hydrogen-bond acceptors (Lipinski definition) is 3. The molecule has 4 heteroatoms. The Labute approximate surface area is 139 Å².